The van der Waals surface area contributed by atoms with Crippen molar-refractivity contribution in [2.75, 3.05) is 0 Å². The minimum atomic E-state index is 0.905. The fourth-order valence-corrected chi connectivity index (χ4v) is 0.161. The van der Waals surface area contributed by atoms with Crippen molar-refractivity contribution in [3.63, 3.8) is 0 Å². The van der Waals surface area contributed by atoms with E-state index < -0.39 is 0 Å². The van der Waals surface area contributed by atoms with E-state index >= 15 is 0 Å². The van der Waals surface area contributed by atoms with Crippen LogP contribution in [-0.2, 0) is 0 Å². The molecule has 0 fully saturated rings. The lowest BCUT2D eigenvalue weighted by Crippen LogP contribution is -1.59. The van der Waals surface area contributed by atoms with Crippen LogP contribution in [0, 0.1) is 11.3 Å². The van der Waals surface area contributed by atoms with Crippen molar-refractivity contribution in [1.29, 1.82) is 5.26 Å². The second-order valence-corrected chi connectivity index (χ2v) is 1.22. The van der Waals surface area contributed by atoms with Gasteiger partial charge in [-0.1, -0.05) is 12.7 Å². The summed E-state index contributed by atoms with van der Waals surface area (Å²) in [6.07, 6.45) is 3.09. The molecule has 0 unspecified atom stereocenters. The van der Waals surface area contributed by atoms with Crippen molar-refractivity contribution < 1.29 is 0 Å². The Kier molecular flexibility index (Phi) is 2.70. The van der Waals surface area contributed by atoms with Gasteiger partial charge in [0.05, 0.1) is 6.07 Å². The predicted octanol–water partition coefficient (Wildman–Crippen LogP) is 1.64. The molecule has 0 radical (unpaired) electrons. The van der Waals surface area contributed by atoms with Gasteiger partial charge in [0.15, 0.2) is 0 Å². The largest absolute Gasteiger partial charge is 0.193 e. The van der Waals surface area contributed by atoms with Crippen molar-refractivity contribution >= 4 is 0 Å². The highest BCUT2D eigenvalue weighted by Gasteiger charge is 1.71. The molecule has 1 nitrogen and oxygen atoms in total. The van der Waals surface area contributed by atoms with Gasteiger partial charge in [0.2, 0.25) is 0 Å². The average molecular weight is 93.1 g/mol. The van der Waals surface area contributed by atoms with Crippen LogP contribution in [0.1, 0.15) is 6.92 Å². The Morgan fingerprint density at radius 3 is 2.57 bits per heavy atom. The lowest BCUT2D eigenvalue weighted by atomic mass is 10.3. The Morgan fingerprint density at radius 2 is 2.43 bits per heavy atom. The van der Waals surface area contributed by atoms with Crippen LogP contribution in [0.5, 0.6) is 0 Å². The molecule has 0 rings (SSSR count). The quantitative estimate of drug-likeness (QED) is 0.357. The summed E-state index contributed by atoms with van der Waals surface area (Å²) in [5.74, 6) is 0. The Hall–Kier alpha value is -1.03. The molecule has 0 heterocycles. The van der Waals surface area contributed by atoms with E-state index in [1.54, 1.807) is 6.08 Å². The molecular formula is C6H7N. The van der Waals surface area contributed by atoms with E-state index in [-0.39, 0.29) is 0 Å². The van der Waals surface area contributed by atoms with Crippen LogP contribution in [0.2, 0.25) is 0 Å². The monoisotopic (exact) mass is 93.1 g/mol. The molecule has 7 heavy (non-hydrogen) atoms. The standard InChI is InChI=1S/C6H7N/c1-3-6(2)4-5-7/h3-4H,1H2,2H3/b6-4-. The predicted molar refractivity (Wildman–Crippen MR) is 29.6 cm³/mol. The van der Waals surface area contributed by atoms with Gasteiger partial charge in [-0.05, 0) is 12.5 Å². The molecule has 36 valence electrons. The molecule has 0 N–H and O–H groups in total. The lowest BCUT2D eigenvalue weighted by Gasteiger charge is -1.76. The van der Waals surface area contributed by atoms with Gasteiger partial charge in [-0.3, -0.25) is 0 Å². The summed E-state index contributed by atoms with van der Waals surface area (Å²) >= 11 is 0. The van der Waals surface area contributed by atoms with Crippen LogP contribution in [0.3, 0.4) is 0 Å². The minimum absolute atomic E-state index is 0.905. The van der Waals surface area contributed by atoms with Crippen LogP contribution in [0.15, 0.2) is 24.3 Å². The highest BCUT2D eigenvalue weighted by Crippen LogP contribution is 1.88. The maximum absolute atomic E-state index is 7.99. The summed E-state index contributed by atoms with van der Waals surface area (Å²) in [5.41, 5.74) is 0.905. The van der Waals surface area contributed by atoms with Crippen molar-refractivity contribution in [3.8, 4) is 6.07 Å². The Labute approximate surface area is 43.6 Å². The molecule has 0 aromatic carbocycles. The molecule has 0 spiro atoms. The van der Waals surface area contributed by atoms with E-state index in [1.165, 1.54) is 6.08 Å². The van der Waals surface area contributed by atoms with Gasteiger partial charge in [-0.2, -0.15) is 5.26 Å². The average Bonchev–Trinajstić information content (AvgIpc) is 1.68. The molecule has 0 aromatic heterocycles. The Bertz CT molecular complexity index is 126. The summed E-state index contributed by atoms with van der Waals surface area (Å²) in [4.78, 5) is 0. The van der Waals surface area contributed by atoms with Crippen molar-refractivity contribution in [2.45, 2.75) is 6.92 Å². The summed E-state index contributed by atoms with van der Waals surface area (Å²) in [6, 6.07) is 1.89. The number of hydrogen-bond donors (Lipinski definition) is 0. The first kappa shape index (κ1) is 5.97. The molecule has 0 aliphatic heterocycles. The summed E-state index contributed by atoms with van der Waals surface area (Å²) in [6.45, 7) is 5.29. The first-order chi connectivity index (χ1) is 3.31. The second kappa shape index (κ2) is 3.17. The van der Waals surface area contributed by atoms with Gasteiger partial charge in [0, 0.05) is 6.08 Å². The van der Waals surface area contributed by atoms with Crippen molar-refractivity contribution in [1.82, 2.24) is 0 Å². The number of hydrogen-bond acceptors (Lipinski definition) is 1. The maximum atomic E-state index is 7.99. The Balaban J connectivity index is 3.80. The third-order valence-corrected chi connectivity index (χ3v) is 0.614. The van der Waals surface area contributed by atoms with Crippen LogP contribution < -0.4 is 0 Å². The minimum Gasteiger partial charge on any atom is -0.193 e. The van der Waals surface area contributed by atoms with Gasteiger partial charge in [-0.15, -0.1) is 0 Å². The van der Waals surface area contributed by atoms with Gasteiger partial charge < -0.3 is 0 Å². The third-order valence-electron chi connectivity index (χ3n) is 0.614. The molecule has 1 heteroatoms. The smallest absolute Gasteiger partial charge is 0.0914 e. The van der Waals surface area contributed by atoms with E-state index in [9.17, 15) is 0 Å². The zero-order chi connectivity index (χ0) is 5.70. The molecular weight excluding hydrogens is 86.1 g/mol. The molecule has 0 aromatic rings. The zero-order valence-corrected chi connectivity index (χ0v) is 4.31. The van der Waals surface area contributed by atoms with E-state index in [2.05, 4.69) is 6.58 Å². The SMILES string of the molecule is C=C/C(C)=C\C#N. The zero-order valence-electron chi connectivity index (χ0n) is 4.31. The van der Waals surface area contributed by atoms with Crippen molar-refractivity contribution in [3.05, 3.63) is 24.3 Å². The summed E-state index contributed by atoms with van der Waals surface area (Å²) < 4.78 is 0. The number of allylic oxidation sites excluding steroid dienone is 3. The first-order valence-corrected chi connectivity index (χ1v) is 2.00. The van der Waals surface area contributed by atoms with E-state index in [0.717, 1.165) is 5.57 Å². The highest BCUT2D eigenvalue weighted by atomic mass is 14.2. The molecule has 0 saturated heterocycles. The highest BCUT2D eigenvalue weighted by molar-refractivity contribution is 5.20. The van der Waals surface area contributed by atoms with Crippen LogP contribution >= 0.6 is 0 Å². The second-order valence-electron chi connectivity index (χ2n) is 1.22. The molecule has 0 aliphatic carbocycles. The number of nitriles is 1. The summed E-state index contributed by atoms with van der Waals surface area (Å²) in [5, 5.41) is 7.99. The van der Waals surface area contributed by atoms with Crippen LogP contribution in [-0.4, -0.2) is 0 Å². The maximum Gasteiger partial charge on any atom is 0.0914 e. The Morgan fingerprint density at radius 1 is 1.86 bits per heavy atom. The van der Waals surface area contributed by atoms with Crippen LogP contribution in [0.25, 0.3) is 0 Å². The van der Waals surface area contributed by atoms with E-state index in [1.807, 2.05) is 13.0 Å². The molecule has 0 aliphatic rings. The number of rotatable bonds is 1. The lowest BCUT2D eigenvalue weighted by molar-refractivity contribution is 1.49. The molecule has 0 bridgehead atoms. The molecule has 0 atom stereocenters. The van der Waals surface area contributed by atoms with Gasteiger partial charge in [0.1, 0.15) is 0 Å². The molecule has 0 saturated carbocycles. The normalized spacial score (nSPS) is 10.0. The van der Waals surface area contributed by atoms with Crippen molar-refractivity contribution in [2.24, 2.45) is 0 Å². The number of nitrogens with zero attached hydrogens (tertiary/aromatic N) is 1. The first-order valence-electron chi connectivity index (χ1n) is 2.00. The van der Waals surface area contributed by atoms with E-state index in [0.29, 0.717) is 0 Å². The van der Waals surface area contributed by atoms with Gasteiger partial charge in [-0.25, -0.2) is 0 Å². The topological polar surface area (TPSA) is 23.8 Å². The summed E-state index contributed by atoms with van der Waals surface area (Å²) in [7, 11) is 0. The fourth-order valence-electron chi connectivity index (χ4n) is 0.161. The van der Waals surface area contributed by atoms with Gasteiger partial charge >= 0.3 is 0 Å². The fraction of sp³-hybridized carbons (Fsp3) is 0.167. The molecule has 0 amide bonds. The van der Waals surface area contributed by atoms with Crippen LogP contribution in [0.4, 0.5) is 0 Å². The third kappa shape index (κ3) is 2.78. The van der Waals surface area contributed by atoms with Gasteiger partial charge in [0.25, 0.3) is 0 Å². The van der Waals surface area contributed by atoms with E-state index in [4.69, 9.17) is 5.26 Å².